The van der Waals surface area contributed by atoms with Gasteiger partial charge in [-0.15, -0.1) is 0 Å². The van der Waals surface area contributed by atoms with Crippen molar-refractivity contribution in [3.05, 3.63) is 90.0 Å². The van der Waals surface area contributed by atoms with Crippen molar-refractivity contribution in [2.75, 3.05) is 6.61 Å². The monoisotopic (exact) mass is 360 g/mol. The number of carbonyl (C=O) groups is 2. The summed E-state index contributed by atoms with van der Waals surface area (Å²) in [7, 11) is 0. The summed E-state index contributed by atoms with van der Waals surface area (Å²) in [6.45, 7) is 0.0838. The van der Waals surface area contributed by atoms with Gasteiger partial charge in [-0.25, -0.2) is 4.79 Å². The lowest BCUT2D eigenvalue weighted by Crippen LogP contribution is -2.39. The zero-order valence-corrected chi connectivity index (χ0v) is 14.3. The van der Waals surface area contributed by atoms with Gasteiger partial charge in [-0.3, -0.25) is 4.79 Å². The van der Waals surface area contributed by atoms with Crippen LogP contribution >= 0.6 is 0 Å². The van der Waals surface area contributed by atoms with Crippen molar-refractivity contribution >= 4 is 11.8 Å². The third-order valence-electron chi connectivity index (χ3n) is 4.14. The average molecular weight is 360 g/mol. The zero-order chi connectivity index (χ0) is 18.6. The standard InChI is InChI=1S/C22H16O5/c23-21(15-6-2-1-3-7-15)16-10-12-17(13-11-16)26-22(24)20-14-25-18-8-4-5-9-19(18)27-20/h1-13,20H,14H2/t20-/m0/s1. The summed E-state index contributed by atoms with van der Waals surface area (Å²) in [4.78, 5) is 24.7. The van der Waals surface area contributed by atoms with Gasteiger partial charge in [-0.1, -0.05) is 42.5 Å². The number of ketones is 1. The first-order chi connectivity index (χ1) is 13.2. The quantitative estimate of drug-likeness (QED) is 0.404. The second-order valence-corrected chi connectivity index (χ2v) is 6.00. The van der Waals surface area contributed by atoms with Crippen LogP contribution in [0.3, 0.4) is 0 Å². The lowest BCUT2D eigenvalue weighted by atomic mass is 10.0. The molecule has 3 aromatic carbocycles. The van der Waals surface area contributed by atoms with E-state index in [0.717, 1.165) is 0 Å². The number of hydrogen-bond donors (Lipinski definition) is 0. The Bertz CT molecular complexity index is 964. The van der Waals surface area contributed by atoms with Crippen LogP contribution in [0.25, 0.3) is 0 Å². The second-order valence-electron chi connectivity index (χ2n) is 6.00. The van der Waals surface area contributed by atoms with Crippen molar-refractivity contribution < 1.29 is 23.8 Å². The van der Waals surface area contributed by atoms with Gasteiger partial charge in [-0.2, -0.15) is 0 Å². The van der Waals surface area contributed by atoms with Crippen LogP contribution in [0.15, 0.2) is 78.9 Å². The second kappa shape index (κ2) is 7.33. The number of benzene rings is 3. The van der Waals surface area contributed by atoms with E-state index in [9.17, 15) is 9.59 Å². The molecule has 1 heterocycles. The highest BCUT2D eigenvalue weighted by Gasteiger charge is 2.29. The van der Waals surface area contributed by atoms with E-state index in [0.29, 0.717) is 28.4 Å². The van der Waals surface area contributed by atoms with Crippen molar-refractivity contribution in [2.24, 2.45) is 0 Å². The van der Waals surface area contributed by atoms with Gasteiger partial charge in [0.15, 0.2) is 17.3 Å². The Kier molecular flexibility index (Phi) is 4.58. The molecule has 4 rings (SSSR count). The third-order valence-corrected chi connectivity index (χ3v) is 4.14. The summed E-state index contributed by atoms with van der Waals surface area (Å²) in [5.41, 5.74) is 1.13. The summed E-state index contributed by atoms with van der Waals surface area (Å²) in [5.74, 6) is 0.813. The van der Waals surface area contributed by atoms with E-state index in [4.69, 9.17) is 14.2 Å². The fourth-order valence-corrected chi connectivity index (χ4v) is 2.75. The van der Waals surface area contributed by atoms with Crippen molar-refractivity contribution in [1.82, 2.24) is 0 Å². The molecule has 0 aliphatic carbocycles. The maximum Gasteiger partial charge on any atom is 0.356 e. The molecule has 1 atom stereocenters. The summed E-state index contributed by atoms with van der Waals surface area (Å²) in [6, 6.07) is 22.6. The van der Waals surface area contributed by atoms with Gasteiger partial charge in [0.1, 0.15) is 12.4 Å². The van der Waals surface area contributed by atoms with Crippen LogP contribution in [0.2, 0.25) is 0 Å². The molecule has 0 unspecified atom stereocenters. The lowest BCUT2D eigenvalue weighted by Gasteiger charge is -2.24. The molecule has 0 saturated heterocycles. The minimum atomic E-state index is -0.842. The Morgan fingerprint density at radius 1 is 0.778 bits per heavy atom. The van der Waals surface area contributed by atoms with Crippen LogP contribution in [0, 0.1) is 0 Å². The highest BCUT2D eigenvalue weighted by Crippen LogP contribution is 2.31. The SMILES string of the molecule is O=C(c1ccccc1)c1ccc(OC(=O)[C@@H]2COc3ccccc3O2)cc1. The molecule has 3 aromatic rings. The summed E-state index contributed by atoms with van der Waals surface area (Å²) < 4.78 is 16.5. The normalized spacial score (nSPS) is 15.0. The molecule has 5 nitrogen and oxygen atoms in total. The lowest BCUT2D eigenvalue weighted by molar-refractivity contribution is -0.144. The van der Waals surface area contributed by atoms with Crippen LogP contribution in [0.1, 0.15) is 15.9 Å². The molecule has 0 radical (unpaired) electrons. The maximum absolute atomic E-state index is 12.4. The van der Waals surface area contributed by atoms with E-state index >= 15 is 0 Å². The van der Waals surface area contributed by atoms with Crippen molar-refractivity contribution in [3.63, 3.8) is 0 Å². The molecule has 1 aliphatic rings. The highest BCUT2D eigenvalue weighted by molar-refractivity contribution is 6.09. The van der Waals surface area contributed by atoms with Gasteiger partial charge < -0.3 is 14.2 Å². The molecule has 0 fully saturated rings. The summed E-state index contributed by atoms with van der Waals surface area (Å²) in [6.07, 6.45) is -0.842. The van der Waals surface area contributed by atoms with Gasteiger partial charge in [-0.05, 0) is 36.4 Å². The molecule has 0 N–H and O–H groups in total. The van der Waals surface area contributed by atoms with Crippen molar-refractivity contribution in [1.29, 1.82) is 0 Å². The highest BCUT2D eigenvalue weighted by atomic mass is 16.6. The Labute approximate surface area is 156 Å². The largest absolute Gasteiger partial charge is 0.485 e. The molecule has 134 valence electrons. The fourth-order valence-electron chi connectivity index (χ4n) is 2.75. The number of hydrogen-bond acceptors (Lipinski definition) is 5. The Morgan fingerprint density at radius 2 is 1.41 bits per heavy atom. The number of esters is 1. The molecule has 0 saturated carbocycles. The minimum Gasteiger partial charge on any atom is -0.485 e. The van der Waals surface area contributed by atoms with Gasteiger partial charge >= 0.3 is 5.97 Å². The number of para-hydroxylation sites is 2. The molecular weight excluding hydrogens is 344 g/mol. The van der Waals surface area contributed by atoms with E-state index in [1.807, 2.05) is 24.3 Å². The first-order valence-electron chi connectivity index (χ1n) is 8.51. The molecule has 0 bridgehead atoms. The Morgan fingerprint density at radius 3 is 2.15 bits per heavy atom. The smallest absolute Gasteiger partial charge is 0.356 e. The molecule has 0 spiro atoms. The summed E-state index contributed by atoms with van der Waals surface area (Å²) >= 11 is 0. The van der Waals surface area contributed by atoms with E-state index in [1.165, 1.54) is 0 Å². The Balaban J connectivity index is 1.41. The van der Waals surface area contributed by atoms with E-state index < -0.39 is 12.1 Å². The zero-order valence-electron chi connectivity index (χ0n) is 14.3. The van der Waals surface area contributed by atoms with Crippen molar-refractivity contribution in [3.8, 4) is 17.2 Å². The molecular formula is C22H16O5. The Hall–Kier alpha value is -3.60. The van der Waals surface area contributed by atoms with Crippen LogP contribution in [-0.2, 0) is 4.79 Å². The number of ether oxygens (including phenoxy) is 3. The maximum atomic E-state index is 12.4. The van der Waals surface area contributed by atoms with E-state index in [-0.39, 0.29) is 12.4 Å². The third kappa shape index (κ3) is 3.67. The topological polar surface area (TPSA) is 61.8 Å². The van der Waals surface area contributed by atoms with Gasteiger partial charge in [0.05, 0.1) is 0 Å². The number of carbonyl (C=O) groups excluding carboxylic acids is 2. The predicted octanol–water partition coefficient (Wildman–Crippen LogP) is 3.66. The van der Waals surface area contributed by atoms with Crippen LogP contribution in [-0.4, -0.2) is 24.5 Å². The predicted molar refractivity (Wildman–Crippen MR) is 98.3 cm³/mol. The van der Waals surface area contributed by atoms with Gasteiger partial charge in [0.2, 0.25) is 6.10 Å². The average Bonchev–Trinajstić information content (AvgIpc) is 2.74. The molecule has 27 heavy (non-hydrogen) atoms. The molecule has 0 aromatic heterocycles. The first kappa shape index (κ1) is 16.8. The summed E-state index contributed by atoms with van der Waals surface area (Å²) in [5, 5.41) is 0. The van der Waals surface area contributed by atoms with E-state index in [1.54, 1.807) is 54.6 Å². The molecule has 1 aliphatic heterocycles. The number of rotatable bonds is 4. The fraction of sp³-hybridized carbons (Fsp3) is 0.0909. The van der Waals surface area contributed by atoms with Crippen molar-refractivity contribution in [2.45, 2.75) is 6.10 Å². The minimum absolute atomic E-state index is 0.0838. The van der Waals surface area contributed by atoms with Crippen LogP contribution < -0.4 is 14.2 Å². The molecule has 0 amide bonds. The number of fused-ring (bicyclic) bond motifs is 1. The van der Waals surface area contributed by atoms with Gasteiger partial charge in [0.25, 0.3) is 0 Å². The first-order valence-corrected chi connectivity index (χ1v) is 8.51. The van der Waals surface area contributed by atoms with Crippen LogP contribution in [0.5, 0.6) is 17.2 Å². The van der Waals surface area contributed by atoms with E-state index in [2.05, 4.69) is 0 Å². The van der Waals surface area contributed by atoms with Gasteiger partial charge in [0, 0.05) is 11.1 Å². The van der Waals surface area contributed by atoms with Crippen LogP contribution in [0.4, 0.5) is 0 Å². The molecule has 5 heteroatoms.